The molecule has 0 amide bonds. The van der Waals surface area contributed by atoms with Crippen molar-refractivity contribution in [2.75, 3.05) is 13.6 Å². The number of fused-ring (bicyclic) bond motifs is 1. The van der Waals surface area contributed by atoms with Crippen LogP contribution in [-0.4, -0.2) is 24.4 Å². The summed E-state index contributed by atoms with van der Waals surface area (Å²) >= 11 is 0. The second-order valence-electron chi connectivity index (χ2n) is 5.16. The number of hydrogen-bond acceptors (Lipinski definition) is 4. The monoisotopic (exact) mass is 246 g/mol. The summed E-state index contributed by atoms with van der Waals surface area (Å²) in [7, 11) is 1.85. The average molecular weight is 246 g/mol. The van der Waals surface area contributed by atoms with Crippen molar-refractivity contribution < 1.29 is 9.21 Å². The third kappa shape index (κ3) is 2.29. The average Bonchev–Trinajstić information content (AvgIpc) is 2.66. The standard InChI is InChI=1S/C14H18N2O2/c1-9-16-11-6-5-10(7-12(11)18-9)13(17)14(2,3)8-15-4/h5-7,15H,8H2,1-4H3. The zero-order chi connectivity index (χ0) is 13.3. The first-order valence-electron chi connectivity index (χ1n) is 6.00. The van der Waals surface area contributed by atoms with Crippen LogP contribution in [0.15, 0.2) is 22.6 Å². The van der Waals surface area contributed by atoms with Crippen LogP contribution in [0.2, 0.25) is 0 Å². The van der Waals surface area contributed by atoms with Crippen LogP contribution >= 0.6 is 0 Å². The van der Waals surface area contributed by atoms with E-state index in [-0.39, 0.29) is 5.78 Å². The van der Waals surface area contributed by atoms with Gasteiger partial charge in [-0.25, -0.2) is 4.98 Å². The minimum absolute atomic E-state index is 0.104. The Hall–Kier alpha value is -1.68. The molecule has 0 unspecified atom stereocenters. The van der Waals surface area contributed by atoms with E-state index in [0.717, 1.165) is 5.52 Å². The Labute approximate surface area is 106 Å². The topological polar surface area (TPSA) is 55.1 Å². The third-order valence-corrected chi connectivity index (χ3v) is 2.99. The Morgan fingerprint density at radius 3 is 2.83 bits per heavy atom. The predicted octanol–water partition coefficient (Wildman–Crippen LogP) is 2.56. The van der Waals surface area contributed by atoms with Crippen LogP contribution in [0.3, 0.4) is 0 Å². The van der Waals surface area contributed by atoms with Gasteiger partial charge < -0.3 is 9.73 Å². The lowest BCUT2D eigenvalue weighted by atomic mass is 9.84. The number of aromatic nitrogens is 1. The Balaban J connectivity index is 2.38. The van der Waals surface area contributed by atoms with Gasteiger partial charge in [-0.3, -0.25) is 4.79 Å². The van der Waals surface area contributed by atoms with Gasteiger partial charge in [0.15, 0.2) is 17.3 Å². The SMILES string of the molecule is CNCC(C)(C)C(=O)c1ccc2nc(C)oc2c1. The van der Waals surface area contributed by atoms with E-state index < -0.39 is 5.41 Å². The van der Waals surface area contributed by atoms with E-state index in [1.807, 2.05) is 33.0 Å². The van der Waals surface area contributed by atoms with Crippen LogP contribution in [0.5, 0.6) is 0 Å². The zero-order valence-electron chi connectivity index (χ0n) is 11.2. The second-order valence-corrected chi connectivity index (χ2v) is 5.16. The van der Waals surface area contributed by atoms with Gasteiger partial charge in [-0.1, -0.05) is 13.8 Å². The van der Waals surface area contributed by atoms with Crippen LogP contribution in [0.1, 0.15) is 30.1 Å². The fourth-order valence-corrected chi connectivity index (χ4v) is 2.09. The largest absolute Gasteiger partial charge is 0.441 e. The van der Waals surface area contributed by atoms with E-state index >= 15 is 0 Å². The van der Waals surface area contributed by atoms with Gasteiger partial charge in [-0.2, -0.15) is 0 Å². The van der Waals surface area contributed by atoms with Gasteiger partial charge in [0.25, 0.3) is 0 Å². The molecule has 1 aromatic carbocycles. The number of hydrogen-bond donors (Lipinski definition) is 1. The Morgan fingerprint density at radius 1 is 1.44 bits per heavy atom. The number of carbonyl (C=O) groups is 1. The first kappa shape index (κ1) is 12.8. The number of benzene rings is 1. The van der Waals surface area contributed by atoms with E-state index in [4.69, 9.17) is 4.42 Å². The highest BCUT2D eigenvalue weighted by molar-refractivity contribution is 6.02. The molecule has 4 nitrogen and oxygen atoms in total. The molecule has 0 spiro atoms. The maximum Gasteiger partial charge on any atom is 0.192 e. The van der Waals surface area contributed by atoms with E-state index in [1.165, 1.54) is 0 Å². The van der Waals surface area contributed by atoms with Gasteiger partial charge in [0.1, 0.15) is 5.52 Å². The van der Waals surface area contributed by atoms with Crippen molar-refractivity contribution in [1.29, 1.82) is 0 Å². The molecule has 0 radical (unpaired) electrons. The maximum atomic E-state index is 12.4. The number of ketones is 1. The van der Waals surface area contributed by atoms with E-state index in [9.17, 15) is 4.79 Å². The molecule has 2 aromatic rings. The highest BCUT2D eigenvalue weighted by atomic mass is 16.3. The van der Waals surface area contributed by atoms with Crippen molar-refractivity contribution in [2.45, 2.75) is 20.8 Å². The van der Waals surface area contributed by atoms with E-state index in [2.05, 4.69) is 10.3 Å². The summed E-state index contributed by atoms with van der Waals surface area (Å²) in [6.45, 7) is 6.30. The molecular formula is C14H18N2O2. The molecule has 96 valence electrons. The molecule has 0 aliphatic carbocycles. The number of oxazole rings is 1. The summed E-state index contributed by atoms with van der Waals surface area (Å²) in [5.41, 5.74) is 1.69. The molecule has 0 saturated carbocycles. The van der Waals surface area contributed by atoms with Crippen LogP contribution < -0.4 is 5.32 Å². The van der Waals surface area contributed by atoms with Crippen molar-refractivity contribution >= 4 is 16.9 Å². The zero-order valence-corrected chi connectivity index (χ0v) is 11.2. The summed E-state index contributed by atoms with van der Waals surface area (Å²) in [5.74, 6) is 0.719. The molecule has 18 heavy (non-hydrogen) atoms. The number of nitrogens with zero attached hydrogens (tertiary/aromatic N) is 1. The van der Waals surface area contributed by atoms with Gasteiger partial charge in [-0.05, 0) is 25.2 Å². The highest BCUT2D eigenvalue weighted by Gasteiger charge is 2.28. The Bertz CT molecular complexity index is 584. The molecular weight excluding hydrogens is 228 g/mol. The van der Waals surface area contributed by atoms with E-state index in [1.54, 1.807) is 13.0 Å². The summed E-state index contributed by atoms with van der Waals surface area (Å²) in [6, 6.07) is 5.41. The smallest absolute Gasteiger partial charge is 0.192 e. The third-order valence-electron chi connectivity index (χ3n) is 2.99. The number of Topliss-reactive ketones (excluding diaryl/α,β-unsaturated/α-hetero) is 1. The highest BCUT2D eigenvalue weighted by Crippen LogP contribution is 2.24. The molecule has 0 fully saturated rings. The molecule has 4 heteroatoms. The molecule has 0 bridgehead atoms. The summed E-state index contributed by atoms with van der Waals surface area (Å²) < 4.78 is 5.45. The number of rotatable bonds is 4. The van der Waals surface area contributed by atoms with Gasteiger partial charge in [0.05, 0.1) is 0 Å². The minimum atomic E-state index is -0.433. The van der Waals surface area contributed by atoms with Crippen molar-refractivity contribution in [3.63, 3.8) is 0 Å². The molecule has 2 rings (SSSR count). The molecule has 1 N–H and O–H groups in total. The molecule has 1 aromatic heterocycles. The van der Waals surface area contributed by atoms with Crippen molar-refractivity contribution in [3.05, 3.63) is 29.7 Å². The number of nitrogens with one attached hydrogen (secondary N) is 1. The molecule has 0 saturated heterocycles. The lowest BCUT2D eigenvalue weighted by Gasteiger charge is -2.22. The Kier molecular flexibility index (Phi) is 3.22. The molecule has 0 aliphatic rings. The molecule has 1 heterocycles. The molecule has 0 atom stereocenters. The summed E-state index contributed by atoms with van der Waals surface area (Å²) in [4.78, 5) is 16.6. The van der Waals surface area contributed by atoms with Gasteiger partial charge in [-0.15, -0.1) is 0 Å². The number of aryl methyl sites for hydroxylation is 1. The summed E-state index contributed by atoms with van der Waals surface area (Å²) in [6.07, 6.45) is 0. The van der Waals surface area contributed by atoms with Crippen LogP contribution in [-0.2, 0) is 0 Å². The second kappa shape index (κ2) is 4.53. The van der Waals surface area contributed by atoms with Gasteiger partial charge in [0, 0.05) is 24.4 Å². The molecule has 0 aliphatic heterocycles. The maximum absolute atomic E-state index is 12.4. The van der Waals surface area contributed by atoms with E-state index in [0.29, 0.717) is 23.6 Å². The van der Waals surface area contributed by atoms with Crippen LogP contribution in [0, 0.1) is 12.3 Å². The lowest BCUT2D eigenvalue weighted by Crippen LogP contribution is -2.34. The Morgan fingerprint density at radius 2 is 2.17 bits per heavy atom. The first-order chi connectivity index (χ1) is 8.44. The fraction of sp³-hybridized carbons (Fsp3) is 0.429. The van der Waals surface area contributed by atoms with Crippen molar-refractivity contribution in [1.82, 2.24) is 10.3 Å². The minimum Gasteiger partial charge on any atom is -0.441 e. The predicted molar refractivity (Wildman–Crippen MR) is 70.8 cm³/mol. The lowest BCUT2D eigenvalue weighted by molar-refractivity contribution is 0.0839. The fourth-order valence-electron chi connectivity index (χ4n) is 2.09. The quantitative estimate of drug-likeness (QED) is 0.842. The number of carbonyl (C=O) groups excluding carboxylic acids is 1. The van der Waals surface area contributed by atoms with Crippen molar-refractivity contribution in [3.8, 4) is 0 Å². The van der Waals surface area contributed by atoms with Gasteiger partial charge in [0.2, 0.25) is 0 Å². The normalized spacial score (nSPS) is 12.0. The van der Waals surface area contributed by atoms with Crippen LogP contribution in [0.25, 0.3) is 11.1 Å². The van der Waals surface area contributed by atoms with Crippen LogP contribution in [0.4, 0.5) is 0 Å². The van der Waals surface area contributed by atoms with Crippen molar-refractivity contribution in [2.24, 2.45) is 5.41 Å². The van der Waals surface area contributed by atoms with Gasteiger partial charge >= 0.3 is 0 Å². The summed E-state index contributed by atoms with van der Waals surface area (Å²) in [5, 5.41) is 3.04. The first-order valence-corrected chi connectivity index (χ1v) is 6.00.